The molecule has 2 saturated heterocycles. The smallest absolute Gasteiger partial charge is 0.193 e. The number of benzene rings is 1. The Hall–Kier alpha value is -1.02. The molecule has 0 aromatic heterocycles. The van der Waals surface area contributed by atoms with Crippen molar-refractivity contribution in [2.45, 2.75) is 33.1 Å². The molecule has 2 aliphatic heterocycles. The van der Waals surface area contributed by atoms with Crippen LogP contribution in [0, 0.1) is 12.3 Å². The molecule has 1 atom stereocenters. The van der Waals surface area contributed by atoms with E-state index in [1.807, 2.05) is 12.1 Å². The van der Waals surface area contributed by atoms with Crippen LogP contribution in [0.15, 0.2) is 29.3 Å². The molecule has 0 bridgehead atoms. The predicted molar refractivity (Wildman–Crippen MR) is 117 cm³/mol. The second kappa shape index (κ2) is 10.3. The van der Waals surface area contributed by atoms with E-state index < -0.39 is 0 Å². The maximum atomic E-state index is 5.78. The molecule has 26 heavy (non-hydrogen) atoms. The number of guanidine groups is 1. The molecule has 1 N–H and O–H groups in total. The summed E-state index contributed by atoms with van der Waals surface area (Å²) in [5, 5.41) is 3.44. The van der Waals surface area contributed by atoms with Gasteiger partial charge < -0.3 is 19.7 Å². The largest absolute Gasteiger partial charge is 0.494 e. The van der Waals surface area contributed by atoms with E-state index in [1.165, 1.54) is 18.4 Å². The Bertz CT molecular complexity index is 571. The first kappa shape index (κ1) is 21.3. The molecule has 5 nitrogen and oxygen atoms in total. The molecule has 6 heteroatoms. The highest BCUT2D eigenvalue weighted by atomic mass is 127. The molecule has 2 heterocycles. The first-order valence-corrected chi connectivity index (χ1v) is 9.51. The van der Waals surface area contributed by atoms with Crippen LogP contribution in [-0.4, -0.2) is 56.9 Å². The Morgan fingerprint density at radius 2 is 2.12 bits per heavy atom. The Morgan fingerprint density at radius 1 is 1.31 bits per heavy atom. The number of hydrogen-bond donors (Lipinski definition) is 1. The third-order valence-electron chi connectivity index (χ3n) is 5.11. The minimum Gasteiger partial charge on any atom is -0.494 e. The number of halogens is 1. The Morgan fingerprint density at radius 3 is 2.81 bits per heavy atom. The summed E-state index contributed by atoms with van der Waals surface area (Å²) in [6, 6.07) is 8.20. The van der Waals surface area contributed by atoms with Crippen LogP contribution in [-0.2, 0) is 4.74 Å². The van der Waals surface area contributed by atoms with E-state index >= 15 is 0 Å². The first-order valence-electron chi connectivity index (χ1n) is 9.51. The van der Waals surface area contributed by atoms with Gasteiger partial charge in [0.15, 0.2) is 5.96 Å². The minimum atomic E-state index is 0. The van der Waals surface area contributed by atoms with Gasteiger partial charge in [-0.25, -0.2) is 0 Å². The van der Waals surface area contributed by atoms with E-state index in [2.05, 4.69) is 36.2 Å². The van der Waals surface area contributed by atoms with Crippen LogP contribution in [0.1, 0.15) is 31.7 Å². The summed E-state index contributed by atoms with van der Waals surface area (Å²) in [6.45, 7) is 10.6. The summed E-state index contributed by atoms with van der Waals surface area (Å²) in [7, 11) is 0. The third-order valence-corrected chi connectivity index (χ3v) is 5.11. The highest BCUT2D eigenvalue weighted by molar-refractivity contribution is 14.0. The van der Waals surface area contributed by atoms with E-state index in [0.717, 1.165) is 57.5 Å². The molecule has 2 aliphatic rings. The van der Waals surface area contributed by atoms with Gasteiger partial charge in [0.1, 0.15) is 5.75 Å². The molecular weight excluding hydrogens is 441 g/mol. The van der Waals surface area contributed by atoms with Crippen molar-refractivity contribution in [3.05, 3.63) is 29.8 Å². The van der Waals surface area contributed by atoms with Crippen LogP contribution in [0.4, 0.5) is 0 Å². The van der Waals surface area contributed by atoms with E-state index in [0.29, 0.717) is 12.0 Å². The van der Waals surface area contributed by atoms with Crippen molar-refractivity contribution in [3.8, 4) is 5.75 Å². The van der Waals surface area contributed by atoms with Crippen molar-refractivity contribution in [1.29, 1.82) is 0 Å². The molecule has 2 fully saturated rings. The Balaban J connectivity index is 0.00000243. The van der Waals surface area contributed by atoms with Gasteiger partial charge in [-0.3, -0.25) is 4.99 Å². The number of hydrogen-bond acceptors (Lipinski definition) is 3. The van der Waals surface area contributed by atoms with E-state index in [9.17, 15) is 0 Å². The van der Waals surface area contributed by atoms with Gasteiger partial charge in [-0.15, -0.1) is 24.0 Å². The molecular formula is C20H32IN3O2. The minimum absolute atomic E-state index is 0. The van der Waals surface area contributed by atoms with Crippen LogP contribution >= 0.6 is 24.0 Å². The van der Waals surface area contributed by atoms with Crippen LogP contribution in [0.25, 0.3) is 0 Å². The van der Waals surface area contributed by atoms with Crippen LogP contribution in [0.2, 0.25) is 0 Å². The summed E-state index contributed by atoms with van der Waals surface area (Å²) in [5.41, 5.74) is 1.62. The zero-order valence-corrected chi connectivity index (χ0v) is 18.3. The predicted octanol–water partition coefficient (Wildman–Crippen LogP) is 3.46. The van der Waals surface area contributed by atoms with Crippen molar-refractivity contribution in [2.75, 3.05) is 46.0 Å². The molecule has 0 aliphatic carbocycles. The quantitative estimate of drug-likeness (QED) is 0.298. The second-order valence-corrected chi connectivity index (χ2v) is 7.22. The van der Waals surface area contributed by atoms with Crippen molar-refractivity contribution in [2.24, 2.45) is 10.4 Å². The zero-order chi connectivity index (χ0) is 17.5. The number of aryl methyl sites for hydroxylation is 1. The molecule has 1 unspecified atom stereocenters. The highest BCUT2D eigenvalue weighted by Gasteiger charge is 2.42. The van der Waals surface area contributed by atoms with Gasteiger partial charge in [-0.2, -0.15) is 0 Å². The maximum absolute atomic E-state index is 5.78. The zero-order valence-electron chi connectivity index (χ0n) is 16.0. The second-order valence-electron chi connectivity index (χ2n) is 7.22. The summed E-state index contributed by atoms with van der Waals surface area (Å²) in [4.78, 5) is 7.21. The van der Waals surface area contributed by atoms with Gasteiger partial charge in [0.2, 0.25) is 0 Å². The molecule has 3 rings (SSSR count). The lowest BCUT2D eigenvalue weighted by Crippen LogP contribution is -2.41. The van der Waals surface area contributed by atoms with Gasteiger partial charge >= 0.3 is 0 Å². The van der Waals surface area contributed by atoms with Gasteiger partial charge in [0.25, 0.3) is 0 Å². The van der Waals surface area contributed by atoms with Gasteiger partial charge in [-0.05, 0) is 38.8 Å². The molecule has 1 spiro atoms. The van der Waals surface area contributed by atoms with Crippen LogP contribution in [0.3, 0.4) is 0 Å². The number of nitrogens with one attached hydrogen (secondary N) is 1. The van der Waals surface area contributed by atoms with Gasteiger partial charge in [0.05, 0.1) is 13.2 Å². The maximum Gasteiger partial charge on any atom is 0.193 e. The third kappa shape index (κ3) is 5.74. The number of aliphatic imine (C=N–C) groups is 1. The Kier molecular flexibility index (Phi) is 8.47. The van der Waals surface area contributed by atoms with Crippen molar-refractivity contribution >= 4 is 29.9 Å². The lowest BCUT2D eigenvalue weighted by atomic mass is 9.87. The molecule has 0 radical (unpaired) electrons. The van der Waals surface area contributed by atoms with Crippen LogP contribution in [0.5, 0.6) is 5.75 Å². The first-order chi connectivity index (χ1) is 12.2. The summed E-state index contributed by atoms with van der Waals surface area (Å²) >= 11 is 0. The average molecular weight is 473 g/mol. The van der Waals surface area contributed by atoms with E-state index in [4.69, 9.17) is 14.5 Å². The lowest BCUT2D eigenvalue weighted by molar-refractivity contribution is 0.156. The van der Waals surface area contributed by atoms with Crippen molar-refractivity contribution in [3.63, 3.8) is 0 Å². The van der Waals surface area contributed by atoms with Crippen LogP contribution < -0.4 is 10.1 Å². The van der Waals surface area contributed by atoms with Crippen molar-refractivity contribution in [1.82, 2.24) is 10.2 Å². The normalized spacial score (nSPS) is 22.5. The summed E-state index contributed by atoms with van der Waals surface area (Å²) < 4.78 is 11.4. The molecule has 1 aromatic rings. The topological polar surface area (TPSA) is 46.1 Å². The SMILES string of the molecule is CCNC(=NCCCOc1ccc(C)cc1)N1CCC2(CCOC2)C1.I. The molecule has 1 aromatic carbocycles. The lowest BCUT2D eigenvalue weighted by Gasteiger charge is -2.25. The number of likely N-dealkylation sites (tertiary alicyclic amines) is 1. The van der Waals surface area contributed by atoms with E-state index in [-0.39, 0.29) is 24.0 Å². The van der Waals surface area contributed by atoms with E-state index in [1.54, 1.807) is 0 Å². The number of rotatable bonds is 6. The standard InChI is InChI=1S/C20H31N3O2.HI/c1-3-21-19(23-12-9-20(15-23)10-14-24-16-20)22-11-4-13-25-18-7-5-17(2)6-8-18;/h5-8H,3-4,9-16H2,1-2H3,(H,21,22);1H. The van der Waals surface area contributed by atoms with Crippen molar-refractivity contribution < 1.29 is 9.47 Å². The van der Waals surface area contributed by atoms with Gasteiger partial charge in [-0.1, -0.05) is 17.7 Å². The average Bonchev–Trinajstić information content (AvgIpc) is 3.25. The molecule has 0 amide bonds. The Labute approximate surface area is 174 Å². The monoisotopic (exact) mass is 473 g/mol. The number of ether oxygens (including phenoxy) is 2. The fourth-order valence-electron chi connectivity index (χ4n) is 3.59. The fraction of sp³-hybridized carbons (Fsp3) is 0.650. The summed E-state index contributed by atoms with van der Waals surface area (Å²) in [6.07, 6.45) is 3.33. The highest BCUT2D eigenvalue weighted by Crippen LogP contribution is 2.38. The molecule has 146 valence electrons. The van der Waals surface area contributed by atoms with Gasteiger partial charge in [0, 0.05) is 44.6 Å². The number of nitrogens with zero attached hydrogens (tertiary/aromatic N) is 2. The summed E-state index contributed by atoms with van der Waals surface area (Å²) in [5.74, 6) is 1.98. The molecule has 0 saturated carbocycles. The fourth-order valence-corrected chi connectivity index (χ4v) is 3.59.